The number of nitrogen functional groups attached to an aromatic ring is 1. The number of anilines is 1. The van der Waals surface area contributed by atoms with Gasteiger partial charge in [0, 0.05) is 12.3 Å². The van der Waals surface area contributed by atoms with Crippen LogP contribution in [-0.2, 0) is 0 Å². The molecule has 2 aromatic rings. The molecule has 0 unspecified atom stereocenters. The Morgan fingerprint density at radius 3 is 2.82 bits per heavy atom. The van der Waals surface area contributed by atoms with Crippen molar-refractivity contribution in [2.75, 3.05) is 5.73 Å². The second-order valence-electron chi connectivity index (χ2n) is 3.67. The third-order valence-corrected chi connectivity index (χ3v) is 2.17. The fourth-order valence-corrected chi connectivity index (χ4v) is 1.35. The van der Waals surface area contributed by atoms with Crippen LogP contribution in [0.5, 0.6) is 5.88 Å². The number of halogens is 1. The molecule has 2 rings (SSSR count). The fraction of sp³-hybridized carbons (Fsp3) is 0.300. The molecule has 0 bridgehead atoms. The summed E-state index contributed by atoms with van der Waals surface area (Å²) in [7, 11) is 0. The first-order valence-electron chi connectivity index (χ1n) is 5.07. The number of rotatable bonds is 3. The van der Waals surface area contributed by atoms with Gasteiger partial charge in [-0.15, -0.1) is 5.10 Å². The van der Waals surface area contributed by atoms with Crippen molar-refractivity contribution in [3.05, 3.63) is 23.5 Å². The van der Waals surface area contributed by atoms with E-state index in [1.165, 1.54) is 4.68 Å². The summed E-state index contributed by atoms with van der Waals surface area (Å²) >= 11 is 5.81. The van der Waals surface area contributed by atoms with E-state index in [2.05, 4.69) is 15.1 Å². The van der Waals surface area contributed by atoms with Crippen LogP contribution in [0.1, 0.15) is 13.8 Å². The van der Waals surface area contributed by atoms with Gasteiger partial charge in [0.1, 0.15) is 5.02 Å². The molecule has 0 spiro atoms. The normalized spacial score (nSPS) is 10.8. The molecule has 0 aliphatic rings. The van der Waals surface area contributed by atoms with Crippen molar-refractivity contribution in [2.24, 2.45) is 0 Å². The van der Waals surface area contributed by atoms with Gasteiger partial charge < -0.3 is 10.5 Å². The average Bonchev–Trinajstić information content (AvgIpc) is 2.59. The van der Waals surface area contributed by atoms with Crippen LogP contribution in [0.4, 0.5) is 5.82 Å². The Kier molecular flexibility index (Phi) is 3.14. The van der Waals surface area contributed by atoms with E-state index in [0.29, 0.717) is 16.9 Å². The first-order chi connectivity index (χ1) is 8.06. The van der Waals surface area contributed by atoms with E-state index in [9.17, 15) is 0 Å². The van der Waals surface area contributed by atoms with Gasteiger partial charge in [-0.05, 0) is 13.8 Å². The second kappa shape index (κ2) is 4.58. The Morgan fingerprint density at radius 1 is 1.47 bits per heavy atom. The Labute approximate surface area is 103 Å². The van der Waals surface area contributed by atoms with E-state index in [-0.39, 0.29) is 11.9 Å². The smallest absolute Gasteiger partial charge is 0.253 e. The number of nitrogens with two attached hydrogens (primary N) is 1. The summed E-state index contributed by atoms with van der Waals surface area (Å²) in [5.41, 5.74) is 5.55. The average molecular weight is 254 g/mol. The predicted octanol–water partition coefficient (Wildman–Crippen LogP) is 1.69. The Balaban J connectivity index is 2.32. The first kappa shape index (κ1) is 11.7. The SMILES string of the molecule is CC(C)Oc1ccnc(-n2cc(Cl)c(N)n2)n1. The summed E-state index contributed by atoms with van der Waals surface area (Å²) in [5, 5.41) is 4.35. The van der Waals surface area contributed by atoms with Crippen molar-refractivity contribution >= 4 is 17.4 Å². The lowest BCUT2D eigenvalue weighted by molar-refractivity contribution is 0.232. The van der Waals surface area contributed by atoms with Crippen molar-refractivity contribution in [1.29, 1.82) is 0 Å². The number of hydrogen-bond donors (Lipinski definition) is 1. The largest absolute Gasteiger partial charge is 0.475 e. The van der Waals surface area contributed by atoms with Gasteiger partial charge in [0.25, 0.3) is 5.95 Å². The summed E-state index contributed by atoms with van der Waals surface area (Å²) in [6.45, 7) is 3.84. The van der Waals surface area contributed by atoms with Crippen LogP contribution in [0, 0.1) is 0 Å². The lowest BCUT2D eigenvalue weighted by Gasteiger charge is -2.08. The highest BCUT2D eigenvalue weighted by molar-refractivity contribution is 6.32. The van der Waals surface area contributed by atoms with E-state index >= 15 is 0 Å². The van der Waals surface area contributed by atoms with Gasteiger partial charge in [-0.1, -0.05) is 11.6 Å². The number of nitrogens with zero attached hydrogens (tertiary/aromatic N) is 4. The van der Waals surface area contributed by atoms with Crippen LogP contribution >= 0.6 is 11.6 Å². The summed E-state index contributed by atoms with van der Waals surface area (Å²) in [6, 6.07) is 1.68. The van der Waals surface area contributed by atoms with Gasteiger partial charge >= 0.3 is 0 Å². The molecule has 7 heteroatoms. The molecule has 0 aliphatic heterocycles. The van der Waals surface area contributed by atoms with Gasteiger partial charge in [-0.2, -0.15) is 4.98 Å². The molecule has 0 saturated carbocycles. The van der Waals surface area contributed by atoms with Gasteiger partial charge in [0.2, 0.25) is 5.88 Å². The standard InChI is InChI=1S/C10H12ClN5O/c1-6(2)17-8-3-4-13-10(14-8)16-5-7(11)9(12)15-16/h3-6H,1-2H3,(H2,12,15). The fourth-order valence-electron chi connectivity index (χ4n) is 1.22. The van der Waals surface area contributed by atoms with Crippen molar-refractivity contribution in [1.82, 2.24) is 19.7 Å². The second-order valence-corrected chi connectivity index (χ2v) is 4.08. The summed E-state index contributed by atoms with van der Waals surface area (Å²) in [5.74, 6) is 1.09. The zero-order chi connectivity index (χ0) is 12.4. The molecule has 0 saturated heterocycles. The Hall–Kier alpha value is -1.82. The van der Waals surface area contributed by atoms with Gasteiger partial charge in [0.15, 0.2) is 5.82 Å². The van der Waals surface area contributed by atoms with Crippen molar-refractivity contribution in [2.45, 2.75) is 20.0 Å². The Bertz CT molecular complexity index is 506. The maximum atomic E-state index is 5.81. The molecule has 0 radical (unpaired) electrons. The molecule has 2 heterocycles. The highest BCUT2D eigenvalue weighted by Crippen LogP contribution is 2.18. The first-order valence-corrected chi connectivity index (χ1v) is 5.45. The van der Waals surface area contributed by atoms with E-state index in [1.807, 2.05) is 13.8 Å². The van der Waals surface area contributed by atoms with Crippen LogP contribution in [0.25, 0.3) is 5.95 Å². The quantitative estimate of drug-likeness (QED) is 0.900. The minimum Gasteiger partial charge on any atom is -0.475 e. The van der Waals surface area contributed by atoms with Crippen molar-refractivity contribution < 1.29 is 4.74 Å². The van der Waals surface area contributed by atoms with E-state index in [0.717, 1.165) is 0 Å². The molecule has 0 aromatic carbocycles. The van der Waals surface area contributed by atoms with Crippen molar-refractivity contribution in [3.8, 4) is 11.8 Å². The van der Waals surface area contributed by atoms with Gasteiger partial charge in [-0.3, -0.25) is 0 Å². The zero-order valence-corrected chi connectivity index (χ0v) is 10.2. The molecule has 0 aliphatic carbocycles. The number of ether oxygens (including phenoxy) is 1. The van der Waals surface area contributed by atoms with E-state index < -0.39 is 0 Å². The summed E-state index contributed by atoms with van der Waals surface area (Å²) in [6.07, 6.45) is 3.18. The van der Waals surface area contributed by atoms with E-state index in [4.69, 9.17) is 22.1 Å². The molecule has 90 valence electrons. The van der Waals surface area contributed by atoms with Crippen molar-refractivity contribution in [3.63, 3.8) is 0 Å². The minimum absolute atomic E-state index is 0.0454. The molecule has 0 amide bonds. The highest BCUT2D eigenvalue weighted by Gasteiger charge is 2.08. The molecule has 0 atom stereocenters. The van der Waals surface area contributed by atoms with Crippen LogP contribution in [0.2, 0.25) is 5.02 Å². The lowest BCUT2D eigenvalue weighted by Crippen LogP contribution is -2.09. The summed E-state index contributed by atoms with van der Waals surface area (Å²) in [4.78, 5) is 8.26. The van der Waals surface area contributed by atoms with Crippen LogP contribution in [-0.4, -0.2) is 25.9 Å². The highest BCUT2D eigenvalue weighted by atomic mass is 35.5. The van der Waals surface area contributed by atoms with Crippen LogP contribution in [0.3, 0.4) is 0 Å². The maximum absolute atomic E-state index is 5.81. The molecule has 17 heavy (non-hydrogen) atoms. The molecule has 2 aromatic heterocycles. The Morgan fingerprint density at radius 2 is 2.24 bits per heavy atom. The molecular weight excluding hydrogens is 242 g/mol. The predicted molar refractivity (Wildman–Crippen MR) is 64.3 cm³/mol. The van der Waals surface area contributed by atoms with Crippen LogP contribution in [0.15, 0.2) is 18.5 Å². The molecule has 0 fully saturated rings. The maximum Gasteiger partial charge on any atom is 0.253 e. The lowest BCUT2D eigenvalue weighted by atomic mass is 10.5. The zero-order valence-electron chi connectivity index (χ0n) is 9.46. The van der Waals surface area contributed by atoms with Crippen LogP contribution < -0.4 is 10.5 Å². The third kappa shape index (κ3) is 2.65. The van der Waals surface area contributed by atoms with Gasteiger partial charge in [-0.25, -0.2) is 9.67 Å². The molecular formula is C10H12ClN5O. The number of hydrogen-bond acceptors (Lipinski definition) is 5. The topological polar surface area (TPSA) is 78.9 Å². The number of aromatic nitrogens is 4. The molecule has 2 N–H and O–H groups in total. The summed E-state index contributed by atoms with van der Waals surface area (Å²) < 4.78 is 6.86. The minimum atomic E-state index is 0.0454. The molecule has 6 nitrogen and oxygen atoms in total. The monoisotopic (exact) mass is 253 g/mol. The third-order valence-electron chi connectivity index (χ3n) is 1.87. The van der Waals surface area contributed by atoms with Gasteiger partial charge in [0.05, 0.1) is 12.3 Å². The van der Waals surface area contributed by atoms with E-state index in [1.54, 1.807) is 18.5 Å².